The van der Waals surface area contributed by atoms with Gasteiger partial charge in [0.05, 0.1) is 19.1 Å². The lowest BCUT2D eigenvalue weighted by Crippen LogP contribution is -2.34. The number of amides is 2. The number of hydrogen-bond acceptors (Lipinski definition) is 5. The van der Waals surface area contributed by atoms with Crippen molar-refractivity contribution in [3.63, 3.8) is 0 Å². The Kier molecular flexibility index (Phi) is 7.54. The van der Waals surface area contributed by atoms with Gasteiger partial charge in [0.2, 0.25) is 0 Å². The third kappa shape index (κ3) is 6.02. The van der Waals surface area contributed by atoms with Crippen LogP contribution in [0.1, 0.15) is 33.8 Å². The summed E-state index contributed by atoms with van der Waals surface area (Å²) in [4.78, 5) is 36.8. The number of hydrogen-bond donors (Lipinski definition) is 1. The van der Waals surface area contributed by atoms with Crippen LogP contribution in [0.5, 0.6) is 5.75 Å². The Bertz CT molecular complexity index is 995. The molecule has 2 amide bonds. The van der Waals surface area contributed by atoms with E-state index >= 15 is 0 Å². The topological polar surface area (TPSA) is 81.7 Å². The van der Waals surface area contributed by atoms with Gasteiger partial charge in [-0.25, -0.2) is 0 Å². The molecule has 0 unspecified atom stereocenters. The molecule has 0 heterocycles. The van der Waals surface area contributed by atoms with Crippen molar-refractivity contribution in [2.24, 2.45) is 0 Å². The predicted molar refractivity (Wildman–Crippen MR) is 116 cm³/mol. The van der Waals surface area contributed by atoms with Gasteiger partial charge in [0.25, 0.3) is 11.8 Å². The smallest absolute Gasteiger partial charge is 0.307 e. The average Bonchev–Trinajstić information content (AvgIpc) is 2.82. The molecule has 0 bridgehead atoms. The third-order valence-corrected chi connectivity index (χ3v) is 4.74. The first-order valence-electron chi connectivity index (χ1n) is 9.81. The van der Waals surface area contributed by atoms with Crippen LogP contribution in [0.4, 0.5) is 0 Å². The molecular formula is C25H23NO5. The maximum absolute atomic E-state index is 12.5. The van der Waals surface area contributed by atoms with Crippen LogP contribution in [-0.4, -0.2) is 31.5 Å². The van der Waals surface area contributed by atoms with Gasteiger partial charge in [-0.3, -0.25) is 19.7 Å². The molecule has 0 saturated carbocycles. The summed E-state index contributed by atoms with van der Waals surface area (Å²) in [6.45, 7) is -0.546. The van der Waals surface area contributed by atoms with Gasteiger partial charge in [-0.05, 0) is 23.3 Å². The number of para-hydroxylation sites is 1. The Morgan fingerprint density at radius 3 is 1.94 bits per heavy atom. The van der Waals surface area contributed by atoms with Gasteiger partial charge >= 0.3 is 5.97 Å². The molecule has 31 heavy (non-hydrogen) atoms. The number of benzene rings is 3. The first-order valence-corrected chi connectivity index (χ1v) is 9.81. The molecule has 6 heteroatoms. The van der Waals surface area contributed by atoms with Gasteiger partial charge in [0.15, 0.2) is 6.61 Å². The van der Waals surface area contributed by atoms with E-state index in [1.54, 1.807) is 18.2 Å². The number of nitrogens with one attached hydrogen (secondary N) is 1. The van der Waals surface area contributed by atoms with E-state index in [0.29, 0.717) is 5.75 Å². The first kappa shape index (κ1) is 21.8. The molecule has 158 valence electrons. The highest BCUT2D eigenvalue weighted by Gasteiger charge is 2.20. The standard InChI is InChI=1S/C25H23NO5/c1-30-22-15-9-8-14-20(22)25(29)26-23(27)17-31-24(28)16-21(18-10-4-2-5-11-18)19-12-6-3-7-13-19/h2-15,21H,16-17H2,1H3,(H,26,27,29). The summed E-state index contributed by atoms with van der Waals surface area (Å²) in [7, 11) is 1.44. The maximum Gasteiger partial charge on any atom is 0.307 e. The zero-order chi connectivity index (χ0) is 22.1. The predicted octanol–water partition coefficient (Wildman–Crippen LogP) is 3.72. The second-order valence-corrected chi connectivity index (χ2v) is 6.82. The Morgan fingerprint density at radius 2 is 1.35 bits per heavy atom. The molecule has 3 aromatic rings. The van der Waals surface area contributed by atoms with Gasteiger partial charge in [-0.2, -0.15) is 0 Å². The summed E-state index contributed by atoms with van der Waals surface area (Å²) in [5.74, 6) is -1.71. The Morgan fingerprint density at radius 1 is 0.806 bits per heavy atom. The number of esters is 1. The van der Waals surface area contributed by atoms with Crippen molar-refractivity contribution < 1.29 is 23.9 Å². The lowest BCUT2D eigenvalue weighted by Gasteiger charge is -2.17. The average molecular weight is 417 g/mol. The fraction of sp³-hybridized carbons (Fsp3) is 0.160. The van der Waals surface area contributed by atoms with E-state index in [1.807, 2.05) is 60.7 Å². The van der Waals surface area contributed by atoms with Gasteiger partial charge in [-0.1, -0.05) is 72.8 Å². The van der Waals surface area contributed by atoms with Crippen molar-refractivity contribution >= 4 is 17.8 Å². The summed E-state index contributed by atoms with van der Waals surface area (Å²) in [6.07, 6.45) is 0.0712. The second-order valence-electron chi connectivity index (χ2n) is 6.82. The van der Waals surface area contributed by atoms with Crippen LogP contribution in [0, 0.1) is 0 Å². The van der Waals surface area contributed by atoms with E-state index < -0.39 is 24.4 Å². The molecule has 0 spiro atoms. The maximum atomic E-state index is 12.5. The fourth-order valence-electron chi connectivity index (χ4n) is 3.23. The zero-order valence-corrected chi connectivity index (χ0v) is 17.1. The molecule has 0 radical (unpaired) electrons. The number of carbonyl (C=O) groups is 3. The number of carbonyl (C=O) groups excluding carboxylic acids is 3. The quantitative estimate of drug-likeness (QED) is 0.565. The number of rotatable bonds is 8. The number of ether oxygens (including phenoxy) is 2. The van der Waals surface area contributed by atoms with E-state index in [0.717, 1.165) is 11.1 Å². The highest BCUT2D eigenvalue weighted by Crippen LogP contribution is 2.28. The van der Waals surface area contributed by atoms with Crippen molar-refractivity contribution in [2.75, 3.05) is 13.7 Å². The van der Waals surface area contributed by atoms with E-state index in [-0.39, 0.29) is 17.9 Å². The summed E-state index contributed by atoms with van der Waals surface area (Å²) in [5, 5.41) is 2.21. The van der Waals surface area contributed by atoms with E-state index in [9.17, 15) is 14.4 Å². The lowest BCUT2D eigenvalue weighted by molar-refractivity contribution is -0.148. The summed E-state index contributed by atoms with van der Waals surface area (Å²) >= 11 is 0. The zero-order valence-electron chi connectivity index (χ0n) is 17.1. The van der Waals surface area contributed by atoms with Crippen molar-refractivity contribution in [2.45, 2.75) is 12.3 Å². The molecule has 3 aromatic carbocycles. The summed E-state index contributed by atoms with van der Waals surface area (Å²) < 4.78 is 10.3. The fourth-order valence-corrected chi connectivity index (χ4v) is 3.23. The molecule has 0 atom stereocenters. The van der Waals surface area contributed by atoms with E-state index in [2.05, 4.69) is 5.32 Å². The van der Waals surface area contributed by atoms with E-state index in [4.69, 9.17) is 9.47 Å². The van der Waals surface area contributed by atoms with E-state index in [1.165, 1.54) is 13.2 Å². The number of imide groups is 1. The van der Waals surface area contributed by atoms with Crippen LogP contribution < -0.4 is 10.1 Å². The molecule has 0 saturated heterocycles. The first-order chi connectivity index (χ1) is 15.1. The van der Waals surface area contributed by atoms with Crippen LogP contribution in [0.3, 0.4) is 0 Å². The molecule has 0 aliphatic heterocycles. The molecule has 6 nitrogen and oxygen atoms in total. The van der Waals surface area contributed by atoms with Crippen LogP contribution in [-0.2, 0) is 14.3 Å². The largest absolute Gasteiger partial charge is 0.496 e. The molecule has 0 aliphatic carbocycles. The normalized spacial score (nSPS) is 10.4. The van der Waals surface area contributed by atoms with Crippen LogP contribution in [0.15, 0.2) is 84.9 Å². The summed E-state index contributed by atoms with van der Waals surface area (Å²) in [5.41, 5.74) is 2.17. The molecule has 1 N–H and O–H groups in total. The monoisotopic (exact) mass is 417 g/mol. The highest BCUT2D eigenvalue weighted by atomic mass is 16.5. The van der Waals surface area contributed by atoms with Crippen molar-refractivity contribution in [1.82, 2.24) is 5.32 Å². The molecule has 0 aromatic heterocycles. The highest BCUT2D eigenvalue weighted by molar-refractivity contribution is 6.06. The number of methoxy groups -OCH3 is 1. The van der Waals surface area contributed by atoms with Crippen LogP contribution in [0.25, 0.3) is 0 Å². The van der Waals surface area contributed by atoms with Crippen molar-refractivity contribution in [1.29, 1.82) is 0 Å². The SMILES string of the molecule is COc1ccccc1C(=O)NC(=O)COC(=O)CC(c1ccccc1)c1ccccc1. The van der Waals surface area contributed by atoms with Crippen LogP contribution >= 0.6 is 0 Å². The third-order valence-electron chi connectivity index (χ3n) is 4.74. The molecule has 3 rings (SSSR count). The van der Waals surface area contributed by atoms with Gasteiger partial charge < -0.3 is 9.47 Å². The minimum atomic E-state index is -0.708. The molecule has 0 aliphatic rings. The molecular weight excluding hydrogens is 394 g/mol. The minimum Gasteiger partial charge on any atom is -0.496 e. The minimum absolute atomic E-state index is 0.0712. The Hall–Kier alpha value is -3.93. The van der Waals surface area contributed by atoms with Gasteiger partial charge in [0.1, 0.15) is 5.75 Å². The Labute approximate surface area is 180 Å². The van der Waals surface area contributed by atoms with Gasteiger partial charge in [0, 0.05) is 5.92 Å². The second kappa shape index (κ2) is 10.7. The van der Waals surface area contributed by atoms with Gasteiger partial charge in [-0.15, -0.1) is 0 Å². The lowest BCUT2D eigenvalue weighted by atomic mass is 9.89. The molecule has 0 fully saturated rings. The van der Waals surface area contributed by atoms with Crippen molar-refractivity contribution in [3.8, 4) is 5.75 Å². The summed E-state index contributed by atoms with van der Waals surface area (Å²) in [6, 6.07) is 25.8. The Balaban J connectivity index is 1.59. The van der Waals surface area contributed by atoms with Crippen LogP contribution in [0.2, 0.25) is 0 Å². The van der Waals surface area contributed by atoms with Crippen molar-refractivity contribution in [3.05, 3.63) is 102 Å².